The number of carbonyl (C=O) groups is 3. The van der Waals surface area contributed by atoms with Crippen molar-refractivity contribution in [2.75, 3.05) is 13.1 Å². The molecule has 0 fully saturated rings. The molecule has 0 saturated carbocycles. The minimum absolute atomic E-state index is 0.343. The molecule has 2 aromatic rings. The van der Waals surface area contributed by atoms with Crippen molar-refractivity contribution < 1.29 is 19.5 Å². The van der Waals surface area contributed by atoms with Gasteiger partial charge in [-0.2, -0.15) is 5.10 Å². The van der Waals surface area contributed by atoms with Gasteiger partial charge in [-0.05, 0) is 17.5 Å². The molecule has 0 bridgehead atoms. The predicted octanol–water partition coefficient (Wildman–Crippen LogP) is -0.711. The van der Waals surface area contributed by atoms with E-state index in [1.165, 1.54) is 17.4 Å². The van der Waals surface area contributed by atoms with Crippen molar-refractivity contribution in [2.24, 2.45) is 0 Å². The smallest absolute Gasteiger partial charge is 0.322 e. The maximum Gasteiger partial charge on any atom is 0.322 e. The zero-order chi connectivity index (χ0) is 17.5. The Morgan fingerprint density at radius 3 is 2.54 bits per heavy atom. The third kappa shape index (κ3) is 5.02. The number of carboxylic acids is 1. The van der Waals surface area contributed by atoms with Gasteiger partial charge in [0.05, 0.1) is 11.4 Å². The van der Waals surface area contributed by atoms with Crippen LogP contribution in [0.3, 0.4) is 0 Å². The third-order valence-electron chi connectivity index (χ3n) is 2.82. The summed E-state index contributed by atoms with van der Waals surface area (Å²) in [6, 6.07) is 6.57. The third-order valence-corrected chi connectivity index (χ3v) is 3.71. The van der Waals surface area contributed by atoms with Crippen molar-refractivity contribution in [3.63, 3.8) is 0 Å². The lowest BCUT2D eigenvalue weighted by Crippen LogP contribution is -2.41. The SMILES string of the molecule is O=C(O)CNC(=O)CNC(=O)Cn1nc(-c2cccs2)ccc1=O. The molecule has 126 valence electrons. The Morgan fingerprint density at radius 2 is 1.88 bits per heavy atom. The number of nitrogens with zero attached hydrogens (tertiary/aromatic N) is 2. The topological polar surface area (TPSA) is 130 Å². The lowest BCUT2D eigenvalue weighted by Gasteiger charge is -2.07. The number of aromatic nitrogens is 2. The number of thiophene rings is 1. The van der Waals surface area contributed by atoms with Crippen molar-refractivity contribution in [2.45, 2.75) is 6.54 Å². The predicted molar refractivity (Wildman–Crippen MR) is 85.5 cm³/mol. The molecule has 0 spiro atoms. The Bertz CT molecular complexity index is 800. The minimum Gasteiger partial charge on any atom is -0.480 e. The maximum atomic E-state index is 11.8. The van der Waals surface area contributed by atoms with Crippen LogP contribution in [0.4, 0.5) is 0 Å². The second kappa shape index (κ2) is 8.02. The van der Waals surface area contributed by atoms with Gasteiger partial charge < -0.3 is 15.7 Å². The molecule has 0 aliphatic rings. The minimum atomic E-state index is -1.18. The van der Waals surface area contributed by atoms with Crippen LogP contribution in [0.1, 0.15) is 0 Å². The van der Waals surface area contributed by atoms with Gasteiger partial charge in [0.2, 0.25) is 11.8 Å². The second-order valence-electron chi connectivity index (χ2n) is 4.64. The van der Waals surface area contributed by atoms with E-state index in [4.69, 9.17) is 5.11 Å². The molecular formula is C14H14N4O5S. The van der Waals surface area contributed by atoms with Crippen LogP contribution >= 0.6 is 11.3 Å². The first-order valence-corrected chi connectivity index (χ1v) is 7.71. The Kier molecular flexibility index (Phi) is 5.79. The first kappa shape index (κ1) is 17.3. The highest BCUT2D eigenvalue weighted by atomic mass is 32.1. The molecule has 2 aromatic heterocycles. The van der Waals surface area contributed by atoms with E-state index in [0.29, 0.717) is 5.69 Å². The molecule has 9 nitrogen and oxygen atoms in total. The Balaban J connectivity index is 1.94. The number of carbonyl (C=O) groups excluding carboxylic acids is 2. The van der Waals surface area contributed by atoms with Gasteiger partial charge in [0.15, 0.2) is 0 Å². The van der Waals surface area contributed by atoms with Gasteiger partial charge in [-0.1, -0.05) is 6.07 Å². The van der Waals surface area contributed by atoms with Gasteiger partial charge in [-0.3, -0.25) is 19.2 Å². The number of nitrogens with one attached hydrogen (secondary N) is 2. The fourth-order valence-electron chi connectivity index (χ4n) is 1.73. The highest BCUT2D eigenvalue weighted by molar-refractivity contribution is 7.13. The summed E-state index contributed by atoms with van der Waals surface area (Å²) in [6.45, 7) is -1.26. The molecule has 3 N–H and O–H groups in total. The van der Waals surface area contributed by atoms with Crippen LogP contribution in [0.25, 0.3) is 10.6 Å². The van der Waals surface area contributed by atoms with Crippen molar-refractivity contribution in [3.05, 3.63) is 40.0 Å². The van der Waals surface area contributed by atoms with Crippen LogP contribution < -0.4 is 16.2 Å². The number of hydrogen-bond donors (Lipinski definition) is 3. The van der Waals surface area contributed by atoms with Gasteiger partial charge in [-0.25, -0.2) is 4.68 Å². The maximum absolute atomic E-state index is 11.8. The standard InChI is InChI=1S/C14H14N4O5S/c19-11(16-7-14(22)23)6-15-12(20)8-18-13(21)4-3-9(17-18)10-2-1-5-24-10/h1-5H,6-8H2,(H,15,20)(H,16,19)(H,22,23). The molecule has 0 aromatic carbocycles. The van der Waals surface area contributed by atoms with Gasteiger partial charge in [0.1, 0.15) is 18.8 Å². The van der Waals surface area contributed by atoms with Crippen LogP contribution in [0.2, 0.25) is 0 Å². The summed E-state index contributed by atoms with van der Waals surface area (Å²) in [7, 11) is 0. The van der Waals surface area contributed by atoms with E-state index in [-0.39, 0.29) is 13.1 Å². The first-order valence-electron chi connectivity index (χ1n) is 6.83. The van der Waals surface area contributed by atoms with Crippen molar-refractivity contribution in [1.29, 1.82) is 0 Å². The first-order chi connectivity index (χ1) is 11.5. The van der Waals surface area contributed by atoms with Gasteiger partial charge >= 0.3 is 5.97 Å². The molecule has 0 unspecified atom stereocenters. The Morgan fingerprint density at radius 1 is 1.12 bits per heavy atom. The summed E-state index contributed by atoms with van der Waals surface area (Å²) in [5.41, 5.74) is 0.123. The number of aliphatic carboxylic acids is 1. The van der Waals surface area contributed by atoms with Crippen LogP contribution in [0, 0.1) is 0 Å². The normalized spacial score (nSPS) is 10.2. The molecule has 10 heteroatoms. The van der Waals surface area contributed by atoms with Crippen LogP contribution in [-0.2, 0) is 20.9 Å². The number of rotatable bonds is 7. The molecular weight excluding hydrogens is 336 g/mol. The molecule has 0 saturated heterocycles. The second-order valence-corrected chi connectivity index (χ2v) is 5.59. The van der Waals surface area contributed by atoms with Gasteiger partial charge in [0, 0.05) is 6.07 Å². The van der Waals surface area contributed by atoms with E-state index in [1.54, 1.807) is 6.07 Å². The molecule has 24 heavy (non-hydrogen) atoms. The monoisotopic (exact) mass is 350 g/mol. The van der Waals surface area contributed by atoms with Crippen LogP contribution in [0.15, 0.2) is 34.4 Å². The molecule has 0 atom stereocenters. The largest absolute Gasteiger partial charge is 0.480 e. The lowest BCUT2D eigenvalue weighted by atomic mass is 10.3. The fraction of sp³-hybridized carbons (Fsp3) is 0.214. The molecule has 0 aliphatic heterocycles. The zero-order valence-electron chi connectivity index (χ0n) is 12.4. The summed E-state index contributed by atoms with van der Waals surface area (Å²) in [5.74, 6) is -2.41. The highest BCUT2D eigenvalue weighted by Crippen LogP contribution is 2.20. The molecule has 2 heterocycles. The van der Waals surface area contributed by atoms with E-state index in [1.807, 2.05) is 17.5 Å². The fourth-order valence-corrected chi connectivity index (χ4v) is 2.42. The van der Waals surface area contributed by atoms with E-state index < -0.39 is 29.9 Å². The van der Waals surface area contributed by atoms with Crippen LogP contribution in [0.5, 0.6) is 0 Å². The van der Waals surface area contributed by atoms with E-state index in [2.05, 4.69) is 15.7 Å². The summed E-state index contributed by atoms with van der Waals surface area (Å²) in [5, 5.41) is 18.8. The molecule has 2 rings (SSSR count). The Labute approximate surface area is 139 Å². The van der Waals surface area contributed by atoms with Gasteiger partial charge in [-0.15, -0.1) is 11.3 Å². The average molecular weight is 350 g/mol. The summed E-state index contributed by atoms with van der Waals surface area (Å²) < 4.78 is 1.000. The van der Waals surface area contributed by atoms with E-state index in [0.717, 1.165) is 9.56 Å². The van der Waals surface area contributed by atoms with Gasteiger partial charge in [0.25, 0.3) is 5.56 Å². The summed E-state index contributed by atoms with van der Waals surface area (Å²) in [6.07, 6.45) is 0. The highest BCUT2D eigenvalue weighted by Gasteiger charge is 2.10. The molecule has 0 aliphatic carbocycles. The quantitative estimate of drug-likeness (QED) is 0.605. The molecule has 2 amide bonds. The average Bonchev–Trinajstić information content (AvgIpc) is 3.07. The Hall–Kier alpha value is -3.01. The van der Waals surface area contributed by atoms with Crippen LogP contribution in [-0.4, -0.2) is 45.8 Å². The molecule has 0 radical (unpaired) electrons. The van der Waals surface area contributed by atoms with Crippen molar-refractivity contribution in [1.82, 2.24) is 20.4 Å². The van der Waals surface area contributed by atoms with E-state index in [9.17, 15) is 19.2 Å². The number of hydrogen-bond acceptors (Lipinski definition) is 6. The van der Waals surface area contributed by atoms with E-state index >= 15 is 0 Å². The summed E-state index contributed by atoms with van der Waals surface area (Å²) in [4.78, 5) is 46.0. The number of amides is 2. The number of carboxylic acid groups (broad SMARTS) is 1. The van der Waals surface area contributed by atoms with Crippen molar-refractivity contribution >= 4 is 29.1 Å². The van der Waals surface area contributed by atoms with Crippen molar-refractivity contribution in [3.8, 4) is 10.6 Å². The summed E-state index contributed by atoms with van der Waals surface area (Å²) >= 11 is 1.45. The zero-order valence-corrected chi connectivity index (χ0v) is 13.2. The lowest BCUT2D eigenvalue weighted by molar-refractivity contribution is -0.137.